The summed E-state index contributed by atoms with van der Waals surface area (Å²) >= 11 is 1.96. The summed E-state index contributed by atoms with van der Waals surface area (Å²) in [5.74, 6) is 3.70. The summed E-state index contributed by atoms with van der Waals surface area (Å²) in [5.41, 5.74) is 0. The van der Waals surface area contributed by atoms with Crippen molar-refractivity contribution in [3.8, 4) is 12.3 Å². The van der Waals surface area contributed by atoms with Crippen molar-refractivity contribution in [3.05, 3.63) is 0 Å². The molecule has 2 rings (SSSR count). The lowest BCUT2D eigenvalue weighted by Crippen LogP contribution is -2.40. The van der Waals surface area contributed by atoms with E-state index in [1.807, 2.05) is 23.6 Å². The fourth-order valence-corrected chi connectivity index (χ4v) is 5.77. The van der Waals surface area contributed by atoms with Gasteiger partial charge in [-0.3, -0.25) is 4.79 Å². The molecule has 0 bridgehead atoms. The molecule has 2 aliphatic rings. The lowest BCUT2D eigenvalue weighted by atomic mass is 10.0. The van der Waals surface area contributed by atoms with Crippen molar-refractivity contribution >= 4 is 23.6 Å². The highest BCUT2D eigenvalue weighted by atomic mass is 32.2. The molecular formula is C24H40N2O6S. The van der Waals surface area contributed by atoms with Gasteiger partial charge in [-0.2, -0.15) is 11.8 Å². The number of rotatable bonds is 20. The van der Waals surface area contributed by atoms with Gasteiger partial charge in [-0.05, 0) is 26.2 Å². The Morgan fingerprint density at radius 2 is 1.67 bits per heavy atom. The standard InChI is InChI=1S/C24H40N2O6S/c1-3-11-29-13-15-31-17-18-32-16-14-30-12-7-9-20(27)8-5-6-10-22-23-21(19-33-22)25-24(28)26(23)4-2/h1,21-23H,4-19H2,2H3,(H,25,28)/t21-,22-,23-/m0/s1. The number of unbranched alkanes of at least 4 members (excludes halogenated alkanes) is 1. The lowest BCUT2D eigenvalue weighted by Gasteiger charge is -2.26. The van der Waals surface area contributed by atoms with Crippen LogP contribution in [-0.2, 0) is 23.7 Å². The van der Waals surface area contributed by atoms with E-state index in [2.05, 4.69) is 11.2 Å². The molecule has 1 N–H and O–H groups in total. The summed E-state index contributed by atoms with van der Waals surface area (Å²) in [5, 5.41) is 3.58. The molecule has 3 atom stereocenters. The minimum Gasteiger partial charge on any atom is -0.379 e. The van der Waals surface area contributed by atoms with E-state index in [0.29, 0.717) is 82.8 Å². The van der Waals surface area contributed by atoms with E-state index in [1.54, 1.807) is 0 Å². The Hall–Kier alpha value is -1.31. The molecule has 188 valence electrons. The number of carbonyl (C=O) groups excluding carboxylic acids is 2. The second-order valence-corrected chi connectivity index (χ2v) is 9.46. The van der Waals surface area contributed by atoms with Crippen molar-refractivity contribution < 1.29 is 28.5 Å². The fourth-order valence-electron chi connectivity index (χ4n) is 4.17. The molecule has 9 heteroatoms. The number of thioether (sulfide) groups is 1. The number of nitrogens with zero attached hydrogens (tertiary/aromatic N) is 1. The molecule has 0 spiro atoms. The fraction of sp³-hybridized carbons (Fsp3) is 0.833. The van der Waals surface area contributed by atoms with E-state index in [-0.39, 0.29) is 12.1 Å². The minimum atomic E-state index is 0.0779. The number of Topliss-reactive ketones (excluding diaryl/α,β-unsaturated/α-hetero) is 1. The van der Waals surface area contributed by atoms with Crippen molar-refractivity contribution in [2.45, 2.75) is 62.8 Å². The molecule has 0 aromatic carbocycles. The number of hydrogen-bond donors (Lipinski definition) is 1. The topological polar surface area (TPSA) is 86.3 Å². The van der Waals surface area contributed by atoms with Gasteiger partial charge in [0.05, 0.1) is 51.7 Å². The predicted molar refractivity (Wildman–Crippen MR) is 130 cm³/mol. The van der Waals surface area contributed by atoms with Crippen molar-refractivity contribution in [2.75, 3.05) is 65.2 Å². The van der Waals surface area contributed by atoms with Crippen molar-refractivity contribution in [1.29, 1.82) is 0 Å². The molecule has 8 nitrogen and oxygen atoms in total. The van der Waals surface area contributed by atoms with E-state index in [9.17, 15) is 9.59 Å². The van der Waals surface area contributed by atoms with Crippen LogP contribution in [0.3, 0.4) is 0 Å². The average Bonchev–Trinajstić information content (AvgIpc) is 3.34. The molecule has 0 aliphatic carbocycles. The van der Waals surface area contributed by atoms with Gasteiger partial charge < -0.3 is 29.2 Å². The number of carbonyl (C=O) groups is 2. The molecule has 2 amide bonds. The molecule has 0 unspecified atom stereocenters. The van der Waals surface area contributed by atoms with Crippen LogP contribution in [0.15, 0.2) is 0 Å². The van der Waals surface area contributed by atoms with E-state index < -0.39 is 0 Å². The largest absolute Gasteiger partial charge is 0.379 e. The third-order valence-electron chi connectivity index (χ3n) is 5.79. The number of likely N-dealkylation sites (N-methyl/N-ethyl adjacent to an activating group) is 1. The predicted octanol–water partition coefficient (Wildman–Crippen LogP) is 2.49. The molecule has 0 saturated carbocycles. The molecule has 2 saturated heterocycles. The van der Waals surface area contributed by atoms with Gasteiger partial charge in [-0.25, -0.2) is 4.79 Å². The first-order chi connectivity index (χ1) is 16.2. The summed E-state index contributed by atoms with van der Waals surface area (Å²) < 4.78 is 21.4. The minimum absolute atomic E-state index is 0.0779. The third kappa shape index (κ3) is 10.7. The van der Waals surface area contributed by atoms with Crippen LogP contribution in [0.5, 0.6) is 0 Å². The zero-order valence-corrected chi connectivity index (χ0v) is 20.7. The number of fused-ring (bicyclic) bond motifs is 1. The SMILES string of the molecule is C#CCOCCOCCOCCOCCCC(=O)CCCC[C@@H]1SC[C@@H]2NC(=O)N(CC)[C@@H]21. The number of amides is 2. The number of urea groups is 1. The monoisotopic (exact) mass is 484 g/mol. The molecular weight excluding hydrogens is 444 g/mol. The van der Waals surface area contributed by atoms with Gasteiger partial charge in [0.15, 0.2) is 0 Å². The number of ether oxygens (including phenoxy) is 4. The third-order valence-corrected chi connectivity index (χ3v) is 7.29. The highest BCUT2D eigenvalue weighted by Gasteiger charge is 2.47. The summed E-state index contributed by atoms with van der Waals surface area (Å²) in [7, 11) is 0. The highest BCUT2D eigenvalue weighted by Crippen LogP contribution is 2.37. The Morgan fingerprint density at radius 1 is 1.03 bits per heavy atom. The first-order valence-electron chi connectivity index (χ1n) is 12.1. The smallest absolute Gasteiger partial charge is 0.318 e. The molecule has 2 fully saturated rings. The van der Waals surface area contributed by atoms with Crippen molar-refractivity contribution in [3.63, 3.8) is 0 Å². The van der Waals surface area contributed by atoms with Gasteiger partial charge in [0.25, 0.3) is 0 Å². The first-order valence-corrected chi connectivity index (χ1v) is 13.2. The van der Waals surface area contributed by atoms with Crippen molar-refractivity contribution in [1.82, 2.24) is 10.2 Å². The van der Waals surface area contributed by atoms with Gasteiger partial charge in [-0.1, -0.05) is 12.3 Å². The van der Waals surface area contributed by atoms with E-state index in [0.717, 1.165) is 38.0 Å². The van der Waals surface area contributed by atoms with Gasteiger partial charge in [0.2, 0.25) is 0 Å². The van der Waals surface area contributed by atoms with Crippen LogP contribution >= 0.6 is 11.8 Å². The lowest BCUT2D eigenvalue weighted by molar-refractivity contribution is -0.119. The number of ketones is 1. The Morgan fingerprint density at radius 3 is 2.33 bits per heavy atom. The first kappa shape index (κ1) is 27.9. The number of hydrogen-bond acceptors (Lipinski definition) is 7. The zero-order valence-electron chi connectivity index (χ0n) is 19.9. The van der Waals surface area contributed by atoms with E-state index in [1.165, 1.54) is 0 Å². The van der Waals surface area contributed by atoms with Crippen LogP contribution < -0.4 is 5.32 Å². The average molecular weight is 485 g/mol. The molecule has 0 aromatic rings. The van der Waals surface area contributed by atoms with Crippen LogP contribution in [0, 0.1) is 12.3 Å². The summed E-state index contributed by atoms with van der Waals surface area (Å²) in [6, 6.07) is 0.683. The molecule has 0 aromatic heterocycles. The maximum absolute atomic E-state index is 12.1. The molecule has 2 aliphatic heterocycles. The Bertz CT molecular complexity index is 614. The van der Waals surface area contributed by atoms with Gasteiger partial charge >= 0.3 is 6.03 Å². The maximum atomic E-state index is 12.1. The van der Waals surface area contributed by atoms with Gasteiger partial charge in [0, 0.05) is 37.0 Å². The normalized spacial score (nSPS) is 21.8. The number of nitrogens with one attached hydrogen (secondary N) is 1. The molecule has 33 heavy (non-hydrogen) atoms. The van der Waals surface area contributed by atoms with Crippen LogP contribution in [-0.4, -0.2) is 99.2 Å². The molecule has 2 heterocycles. The summed E-state index contributed by atoms with van der Waals surface area (Å²) in [6.07, 6.45) is 10.1. The quantitative estimate of drug-likeness (QED) is 0.161. The summed E-state index contributed by atoms with van der Waals surface area (Å²) in [4.78, 5) is 26.1. The van der Waals surface area contributed by atoms with Crippen LogP contribution in [0.1, 0.15) is 45.4 Å². The number of terminal acetylenes is 1. The highest BCUT2D eigenvalue weighted by molar-refractivity contribution is 8.00. The van der Waals surface area contributed by atoms with Crippen LogP contribution in [0.4, 0.5) is 4.79 Å². The van der Waals surface area contributed by atoms with Crippen LogP contribution in [0.25, 0.3) is 0 Å². The Balaban J connectivity index is 1.35. The Labute approximate surface area is 202 Å². The maximum Gasteiger partial charge on any atom is 0.318 e. The van der Waals surface area contributed by atoms with Crippen molar-refractivity contribution in [2.24, 2.45) is 0 Å². The van der Waals surface area contributed by atoms with Gasteiger partial charge in [0.1, 0.15) is 12.4 Å². The van der Waals surface area contributed by atoms with E-state index in [4.69, 9.17) is 25.4 Å². The molecule has 0 radical (unpaired) electrons. The van der Waals surface area contributed by atoms with Gasteiger partial charge in [-0.15, -0.1) is 6.42 Å². The summed E-state index contributed by atoms with van der Waals surface area (Å²) in [6.45, 7) is 6.74. The van der Waals surface area contributed by atoms with Crippen LogP contribution in [0.2, 0.25) is 0 Å². The second-order valence-electron chi connectivity index (χ2n) is 8.19. The zero-order chi connectivity index (χ0) is 23.7. The second kappa shape index (κ2) is 17.2. The van der Waals surface area contributed by atoms with E-state index >= 15 is 0 Å². The Kier molecular flexibility index (Phi) is 14.5.